The van der Waals surface area contributed by atoms with Crippen LogP contribution in [0, 0.1) is 0 Å². The smallest absolute Gasteiger partial charge is 0.310 e. The molecule has 1 atom stereocenters. The molecule has 1 aromatic heterocycles. The molecule has 6 heteroatoms. The third-order valence-electron chi connectivity index (χ3n) is 2.90. The number of halogens is 3. The molecule has 2 rings (SSSR count). The molecule has 0 saturated heterocycles. The lowest BCUT2D eigenvalue weighted by molar-refractivity contribution is -0.139. The Morgan fingerprint density at radius 2 is 1.95 bits per heavy atom. The number of nitrogens with one attached hydrogen (secondary N) is 1. The lowest BCUT2D eigenvalue weighted by Crippen LogP contribution is -2.30. The van der Waals surface area contributed by atoms with Crippen molar-refractivity contribution >= 4 is 0 Å². The first-order valence-corrected chi connectivity index (χ1v) is 6.33. The van der Waals surface area contributed by atoms with Crippen molar-refractivity contribution in [3.8, 4) is 5.69 Å². The van der Waals surface area contributed by atoms with Gasteiger partial charge in [0.05, 0.1) is 12.1 Å². The summed E-state index contributed by atoms with van der Waals surface area (Å²) in [6.45, 7) is 1.95. The largest absolute Gasteiger partial charge is 0.390 e. The van der Waals surface area contributed by atoms with Crippen LogP contribution in [0.1, 0.15) is 18.9 Å². The summed E-state index contributed by atoms with van der Waals surface area (Å²) in [5.41, 5.74) is 1.86. The highest BCUT2D eigenvalue weighted by Gasteiger charge is 2.29. The second-order valence-electron chi connectivity index (χ2n) is 4.72. The van der Waals surface area contributed by atoms with Crippen molar-refractivity contribution in [2.45, 2.75) is 32.1 Å². The Morgan fingerprint density at radius 1 is 1.25 bits per heavy atom. The van der Waals surface area contributed by atoms with Gasteiger partial charge in [0.2, 0.25) is 0 Å². The van der Waals surface area contributed by atoms with Crippen LogP contribution in [0.25, 0.3) is 5.69 Å². The summed E-state index contributed by atoms with van der Waals surface area (Å²) < 4.78 is 38.3. The average molecular weight is 283 g/mol. The van der Waals surface area contributed by atoms with E-state index in [-0.39, 0.29) is 0 Å². The summed E-state index contributed by atoms with van der Waals surface area (Å²) in [6, 6.07) is 8.76. The minimum Gasteiger partial charge on any atom is -0.310 e. The molecule has 20 heavy (non-hydrogen) atoms. The zero-order valence-electron chi connectivity index (χ0n) is 11.1. The molecule has 1 heterocycles. The van der Waals surface area contributed by atoms with E-state index in [0.29, 0.717) is 6.54 Å². The Kier molecular flexibility index (Phi) is 4.44. The van der Waals surface area contributed by atoms with Crippen LogP contribution < -0.4 is 5.32 Å². The van der Waals surface area contributed by atoms with Gasteiger partial charge in [-0.05, 0) is 30.7 Å². The van der Waals surface area contributed by atoms with Crippen molar-refractivity contribution in [2.75, 3.05) is 0 Å². The normalized spacial score (nSPS) is 13.4. The fourth-order valence-electron chi connectivity index (χ4n) is 1.90. The molecule has 0 aliphatic carbocycles. The minimum absolute atomic E-state index is 0.413. The molecule has 0 unspecified atom stereocenters. The summed E-state index contributed by atoms with van der Waals surface area (Å²) in [5, 5.41) is 6.97. The molecular formula is C14H16F3N3. The van der Waals surface area contributed by atoms with Crippen molar-refractivity contribution in [3.63, 3.8) is 0 Å². The van der Waals surface area contributed by atoms with Gasteiger partial charge in [0, 0.05) is 25.0 Å². The summed E-state index contributed by atoms with van der Waals surface area (Å²) >= 11 is 0. The Bertz CT molecular complexity index is 518. The lowest BCUT2D eigenvalue weighted by atomic mass is 10.1. The molecule has 0 fully saturated rings. The van der Waals surface area contributed by atoms with E-state index < -0.39 is 18.6 Å². The van der Waals surface area contributed by atoms with E-state index in [1.54, 1.807) is 10.9 Å². The van der Waals surface area contributed by atoms with Crippen LogP contribution in [-0.2, 0) is 6.54 Å². The number of rotatable bonds is 5. The maximum absolute atomic E-state index is 12.2. The first kappa shape index (κ1) is 14.6. The van der Waals surface area contributed by atoms with Crippen LogP contribution in [0.5, 0.6) is 0 Å². The summed E-state index contributed by atoms with van der Waals surface area (Å²) in [6.07, 6.45) is -1.43. The molecule has 0 amide bonds. The predicted octanol–water partition coefficient (Wildman–Crippen LogP) is 3.30. The van der Waals surface area contributed by atoms with E-state index in [4.69, 9.17) is 0 Å². The van der Waals surface area contributed by atoms with Crippen molar-refractivity contribution in [1.82, 2.24) is 15.1 Å². The van der Waals surface area contributed by atoms with Crippen LogP contribution in [0.4, 0.5) is 13.2 Å². The first-order valence-electron chi connectivity index (χ1n) is 6.33. The lowest BCUT2D eigenvalue weighted by Gasteiger charge is -2.15. The molecule has 1 aromatic carbocycles. The van der Waals surface area contributed by atoms with Gasteiger partial charge in [-0.3, -0.25) is 0 Å². The quantitative estimate of drug-likeness (QED) is 0.912. The molecule has 108 valence electrons. The van der Waals surface area contributed by atoms with Gasteiger partial charge < -0.3 is 5.32 Å². The average Bonchev–Trinajstić information content (AvgIpc) is 2.89. The molecule has 0 aliphatic heterocycles. The third kappa shape index (κ3) is 4.38. The molecule has 3 nitrogen and oxygen atoms in total. The number of benzene rings is 1. The third-order valence-corrected chi connectivity index (χ3v) is 2.90. The maximum atomic E-state index is 12.2. The van der Waals surface area contributed by atoms with E-state index >= 15 is 0 Å². The van der Waals surface area contributed by atoms with Gasteiger partial charge in [-0.25, -0.2) is 4.68 Å². The molecule has 0 bridgehead atoms. The predicted molar refractivity (Wildman–Crippen MR) is 70.5 cm³/mol. The number of hydrogen-bond acceptors (Lipinski definition) is 2. The highest BCUT2D eigenvalue weighted by Crippen LogP contribution is 2.21. The molecule has 0 aliphatic rings. The number of nitrogens with zero attached hydrogens (tertiary/aromatic N) is 2. The second-order valence-corrected chi connectivity index (χ2v) is 4.72. The number of aromatic nitrogens is 2. The number of hydrogen-bond donors (Lipinski definition) is 1. The van der Waals surface area contributed by atoms with E-state index in [0.717, 1.165) is 11.3 Å². The minimum atomic E-state index is -4.13. The Labute approximate surface area is 115 Å². The Balaban J connectivity index is 1.88. The fraction of sp³-hybridized carbons (Fsp3) is 0.357. The fourth-order valence-corrected chi connectivity index (χ4v) is 1.90. The van der Waals surface area contributed by atoms with Crippen LogP contribution in [0.15, 0.2) is 42.7 Å². The Hall–Kier alpha value is -1.82. The van der Waals surface area contributed by atoms with Crippen molar-refractivity contribution in [3.05, 3.63) is 48.3 Å². The van der Waals surface area contributed by atoms with Gasteiger partial charge in [0.25, 0.3) is 0 Å². The van der Waals surface area contributed by atoms with E-state index in [1.165, 1.54) is 6.92 Å². The van der Waals surface area contributed by atoms with Crippen LogP contribution in [0.3, 0.4) is 0 Å². The standard InChI is InChI=1S/C14H16F3N3/c1-11(9-14(15,16)17)18-10-12-3-5-13(6-4-12)20-8-2-7-19-20/h2-8,11,18H,9-10H2,1H3/t11-/m1/s1. The highest BCUT2D eigenvalue weighted by atomic mass is 19.4. The molecule has 2 aromatic rings. The van der Waals surface area contributed by atoms with Crippen LogP contribution >= 0.6 is 0 Å². The van der Waals surface area contributed by atoms with Crippen LogP contribution in [0.2, 0.25) is 0 Å². The topological polar surface area (TPSA) is 29.9 Å². The van der Waals surface area contributed by atoms with Gasteiger partial charge in [-0.2, -0.15) is 18.3 Å². The van der Waals surface area contributed by atoms with Gasteiger partial charge in [-0.15, -0.1) is 0 Å². The zero-order valence-corrected chi connectivity index (χ0v) is 11.1. The SMILES string of the molecule is C[C@H](CC(F)(F)F)NCc1ccc(-n2cccn2)cc1. The summed E-state index contributed by atoms with van der Waals surface area (Å²) in [4.78, 5) is 0. The Morgan fingerprint density at radius 3 is 2.50 bits per heavy atom. The maximum Gasteiger partial charge on any atom is 0.390 e. The molecule has 0 saturated carbocycles. The van der Waals surface area contributed by atoms with Gasteiger partial charge in [0.1, 0.15) is 0 Å². The van der Waals surface area contributed by atoms with Crippen molar-refractivity contribution < 1.29 is 13.2 Å². The van der Waals surface area contributed by atoms with Crippen LogP contribution in [-0.4, -0.2) is 22.0 Å². The summed E-state index contributed by atoms with van der Waals surface area (Å²) in [7, 11) is 0. The van der Waals surface area contributed by atoms with Crippen molar-refractivity contribution in [2.24, 2.45) is 0 Å². The second kappa shape index (κ2) is 6.09. The van der Waals surface area contributed by atoms with E-state index in [2.05, 4.69) is 10.4 Å². The summed E-state index contributed by atoms with van der Waals surface area (Å²) in [5.74, 6) is 0. The highest BCUT2D eigenvalue weighted by molar-refractivity contribution is 5.33. The molecular weight excluding hydrogens is 267 g/mol. The molecule has 1 N–H and O–H groups in total. The van der Waals surface area contributed by atoms with Gasteiger partial charge in [0.15, 0.2) is 0 Å². The van der Waals surface area contributed by atoms with Crippen molar-refractivity contribution in [1.29, 1.82) is 0 Å². The van der Waals surface area contributed by atoms with E-state index in [1.807, 2.05) is 36.5 Å². The first-order chi connectivity index (χ1) is 9.44. The van der Waals surface area contributed by atoms with Gasteiger partial charge in [-0.1, -0.05) is 12.1 Å². The number of alkyl halides is 3. The molecule has 0 spiro atoms. The monoisotopic (exact) mass is 283 g/mol. The molecule has 0 radical (unpaired) electrons. The van der Waals surface area contributed by atoms with E-state index in [9.17, 15) is 13.2 Å². The van der Waals surface area contributed by atoms with Gasteiger partial charge >= 0.3 is 6.18 Å². The zero-order chi connectivity index (χ0) is 14.6.